The fourth-order valence-corrected chi connectivity index (χ4v) is 3.70. The van der Waals surface area contributed by atoms with E-state index in [0.29, 0.717) is 16.1 Å². The first-order chi connectivity index (χ1) is 14.2. The van der Waals surface area contributed by atoms with Crippen LogP contribution in [0.4, 0.5) is 4.79 Å². The van der Waals surface area contributed by atoms with Gasteiger partial charge in [0.15, 0.2) is 11.5 Å². The van der Waals surface area contributed by atoms with E-state index in [2.05, 4.69) is 0 Å². The Kier molecular flexibility index (Phi) is 5.65. The van der Waals surface area contributed by atoms with E-state index in [4.69, 9.17) is 4.74 Å². The van der Waals surface area contributed by atoms with Crippen molar-refractivity contribution in [3.8, 4) is 11.5 Å². The van der Waals surface area contributed by atoms with E-state index >= 15 is 0 Å². The largest absolute Gasteiger partial charge is 0.711 e. The van der Waals surface area contributed by atoms with E-state index in [-0.39, 0.29) is 36.0 Å². The molecule has 1 aromatic carbocycles. The van der Waals surface area contributed by atoms with Crippen molar-refractivity contribution in [1.82, 2.24) is 15.2 Å². The fraction of sp³-hybridized carbons (Fsp3) is 0.368. The number of imide groups is 2. The molecule has 1 fully saturated rings. The van der Waals surface area contributed by atoms with Gasteiger partial charge in [0.2, 0.25) is 11.8 Å². The van der Waals surface area contributed by atoms with Gasteiger partial charge in [-0.05, 0) is 17.7 Å². The summed E-state index contributed by atoms with van der Waals surface area (Å²) in [5, 5.41) is 36.8. The minimum atomic E-state index is -1.47. The van der Waals surface area contributed by atoms with Crippen molar-refractivity contribution in [2.75, 3.05) is 13.7 Å². The number of ether oxygens (including phenoxy) is 1. The smallest absolute Gasteiger partial charge is 0.328 e. The number of hydrogen-bond acceptors (Lipinski definition) is 7. The first-order valence-corrected chi connectivity index (χ1v) is 9.13. The Morgan fingerprint density at radius 1 is 1.23 bits per heavy atom. The van der Waals surface area contributed by atoms with Crippen LogP contribution < -0.4 is 20.1 Å². The van der Waals surface area contributed by atoms with Crippen molar-refractivity contribution >= 4 is 17.8 Å². The third-order valence-corrected chi connectivity index (χ3v) is 5.25. The summed E-state index contributed by atoms with van der Waals surface area (Å²) in [5.74, 6) is -4.45. The molecule has 0 aliphatic carbocycles. The van der Waals surface area contributed by atoms with Crippen LogP contribution in [0.3, 0.4) is 0 Å². The highest BCUT2D eigenvalue weighted by Gasteiger charge is 2.47. The van der Waals surface area contributed by atoms with Crippen LogP contribution in [-0.4, -0.2) is 46.3 Å². The molecule has 0 bridgehead atoms. The lowest BCUT2D eigenvalue weighted by atomic mass is 9.82. The van der Waals surface area contributed by atoms with Crippen LogP contribution in [0.25, 0.3) is 0 Å². The number of aliphatic hydroxyl groups excluding tert-OH is 1. The fourth-order valence-electron chi connectivity index (χ4n) is 3.70. The molecule has 4 N–H and O–H groups in total. The normalized spacial score (nSPS) is 15.7. The number of urea groups is 1. The standard InChI is InChI=1S/C19H22N4O7/c1-9-10(2)23(29)18(22(9)6-7-24)14(11-4-5-13(30-3)12(25)8-11)15-16(26)20-19(28)21-17(15)27/h4-5,8,14-15,24-25H,6-7H2,1-3H3,(H2,20,21,26,27,28). The number of rotatable bonds is 6. The minimum Gasteiger partial charge on any atom is -0.711 e. The van der Waals surface area contributed by atoms with Gasteiger partial charge in [0.25, 0.3) is 5.82 Å². The number of amides is 4. The average molecular weight is 418 g/mol. The van der Waals surface area contributed by atoms with Gasteiger partial charge >= 0.3 is 6.03 Å². The van der Waals surface area contributed by atoms with Gasteiger partial charge in [-0.2, -0.15) is 0 Å². The van der Waals surface area contributed by atoms with Gasteiger partial charge in [-0.3, -0.25) is 20.2 Å². The van der Waals surface area contributed by atoms with Gasteiger partial charge in [0.05, 0.1) is 13.7 Å². The van der Waals surface area contributed by atoms with E-state index in [9.17, 15) is 29.8 Å². The number of aromatic nitrogens is 2. The Morgan fingerprint density at radius 2 is 1.87 bits per heavy atom. The Balaban J connectivity index is 2.28. The Bertz CT molecular complexity index is 1010. The summed E-state index contributed by atoms with van der Waals surface area (Å²) in [6.07, 6.45) is 0. The second kappa shape index (κ2) is 8.03. The number of carbonyl (C=O) groups is 3. The molecule has 0 radical (unpaired) electrons. The summed E-state index contributed by atoms with van der Waals surface area (Å²) >= 11 is 0. The molecule has 1 atom stereocenters. The molecule has 0 saturated carbocycles. The zero-order chi connectivity index (χ0) is 22.2. The molecule has 11 nitrogen and oxygen atoms in total. The van der Waals surface area contributed by atoms with Crippen molar-refractivity contribution in [3.63, 3.8) is 0 Å². The molecule has 160 valence electrons. The Morgan fingerprint density at radius 3 is 2.40 bits per heavy atom. The predicted octanol–water partition coefficient (Wildman–Crippen LogP) is -0.441. The molecular formula is C19H22N4O7. The van der Waals surface area contributed by atoms with Crippen LogP contribution in [0.5, 0.6) is 11.5 Å². The van der Waals surface area contributed by atoms with E-state index in [1.807, 2.05) is 10.6 Å². The molecule has 30 heavy (non-hydrogen) atoms. The molecule has 1 aliphatic heterocycles. The number of nitrogens with zero attached hydrogens (tertiary/aromatic N) is 2. The third kappa shape index (κ3) is 3.43. The van der Waals surface area contributed by atoms with E-state index in [1.54, 1.807) is 13.8 Å². The zero-order valence-corrected chi connectivity index (χ0v) is 16.6. The summed E-state index contributed by atoms with van der Waals surface area (Å²) in [6, 6.07) is 3.30. The van der Waals surface area contributed by atoms with Crippen LogP contribution in [0.2, 0.25) is 0 Å². The molecule has 1 unspecified atom stereocenters. The van der Waals surface area contributed by atoms with Gasteiger partial charge in [-0.1, -0.05) is 6.07 Å². The number of phenolic OH excluding ortho intramolecular Hbond substituents is 1. The maximum atomic E-state index is 13.0. The van der Waals surface area contributed by atoms with Crippen LogP contribution >= 0.6 is 0 Å². The molecule has 1 saturated heterocycles. The number of benzene rings is 1. The number of hydrogen-bond donors (Lipinski definition) is 4. The third-order valence-electron chi connectivity index (χ3n) is 5.25. The number of aliphatic hydroxyl groups is 1. The van der Waals surface area contributed by atoms with Crippen molar-refractivity contribution in [1.29, 1.82) is 0 Å². The van der Waals surface area contributed by atoms with Crippen molar-refractivity contribution in [2.24, 2.45) is 5.92 Å². The molecule has 3 rings (SSSR count). The Hall–Kier alpha value is -3.60. The van der Waals surface area contributed by atoms with E-state index in [0.717, 1.165) is 0 Å². The molecule has 4 amide bonds. The lowest BCUT2D eigenvalue weighted by Crippen LogP contribution is -2.58. The van der Waals surface area contributed by atoms with Gasteiger partial charge in [0.1, 0.15) is 29.8 Å². The summed E-state index contributed by atoms with van der Waals surface area (Å²) in [5.41, 5.74) is 1.15. The number of barbiturate groups is 1. The molecule has 2 heterocycles. The first kappa shape index (κ1) is 21.1. The minimum absolute atomic E-state index is 0.0215. The zero-order valence-electron chi connectivity index (χ0n) is 16.6. The topological polar surface area (TPSA) is 157 Å². The highest BCUT2D eigenvalue weighted by Crippen LogP contribution is 2.37. The van der Waals surface area contributed by atoms with E-state index in [1.165, 1.54) is 29.9 Å². The van der Waals surface area contributed by atoms with Crippen LogP contribution in [0, 0.1) is 25.0 Å². The SMILES string of the molecule is COc1ccc(C(c2n(CCO)c(C)c(C)[n+]2[O-])C2C(=O)NC(=O)NC2=O)cc1O. The van der Waals surface area contributed by atoms with Crippen molar-refractivity contribution in [2.45, 2.75) is 26.3 Å². The maximum absolute atomic E-state index is 13.0. The van der Waals surface area contributed by atoms with Gasteiger partial charge in [-0.15, -0.1) is 0 Å². The summed E-state index contributed by atoms with van der Waals surface area (Å²) < 4.78 is 7.15. The molecule has 1 aliphatic rings. The summed E-state index contributed by atoms with van der Waals surface area (Å²) in [7, 11) is 1.37. The lowest BCUT2D eigenvalue weighted by Gasteiger charge is -2.28. The molecule has 11 heteroatoms. The van der Waals surface area contributed by atoms with Crippen molar-refractivity contribution in [3.05, 3.63) is 46.2 Å². The molecule has 1 aromatic heterocycles. The maximum Gasteiger partial charge on any atom is 0.328 e. The molecule has 0 spiro atoms. The van der Waals surface area contributed by atoms with E-state index < -0.39 is 29.7 Å². The number of aromatic hydroxyl groups is 1. The number of nitrogens with one attached hydrogen (secondary N) is 2. The number of carbonyl (C=O) groups excluding carboxylic acids is 3. The monoisotopic (exact) mass is 418 g/mol. The predicted molar refractivity (Wildman–Crippen MR) is 102 cm³/mol. The van der Waals surface area contributed by atoms with Crippen LogP contribution in [0.1, 0.15) is 28.7 Å². The highest BCUT2D eigenvalue weighted by atomic mass is 16.5. The summed E-state index contributed by atoms with van der Waals surface area (Å²) in [4.78, 5) is 36.8. The first-order valence-electron chi connectivity index (χ1n) is 9.13. The van der Waals surface area contributed by atoms with Crippen molar-refractivity contribution < 1.29 is 34.1 Å². The number of methoxy groups -OCH3 is 1. The van der Waals surface area contributed by atoms with Crippen LogP contribution in [0.15, 0.2) is 18.2 Å². The average Bonchev–Trinajstić information content (AvgIpc) is 2.89. The lowest BCUT2D eigenvalue weighted by molar-refractivity contribution is -0.621. The number of phenols is 1. The number of imidazole rings is 1. The Labute approximate surface area is 171 Å². The summed E-state index contributed by atoms with van der Waals surface area (Å²) in [6.45, 7) is 3.01. The molecule has 2 aromatic rings. The second-order valence-electron chi connectivity index (χ2n) is 6.89. The highest BCUT2D eigenvalue weighted by molar-refractivity contribution is 6.16. The quantitative estimate of drug-likeness (QED) is 0.281. The van der Waals surface area contributed by atoms with Gasteiger partial charge in [0, 0.05) is 13.8 Å². The second-order valence-corrected chi connectivity index (χ2v) is 6.89. The van der Waals surface area contributed by atoms with Gasteiger partial charge < -0.3 is 20.2 Å². The van der Waals surface area contributed by atoms with Crippen LogP contribution in [-0.2, 0) is 16.1 Å². The molecular weight excluding hydrogens is 396 g/mol. The van der Waals surface area contributed by atoms with Gasteiger partial charge in [-0.25, -0.2) is 14.1 Å².